The topological polar surface area (TPSA) is 58.6 Å². The van der Waals surface area contributed by atoms with Crippen molar-refractivity contribution in [1.82, 2.24) is 4.90 Å². The van der Waals surface area contributed by atoms with Crippen LogP contribution in [-0.4, -0.2) is 43.5 Å². The Labute approximate surface area is 139 Å². The molecule has 0 saturated carbocycles. The summed E-state index contributed by atoms with van der Waals surface area (Å²) in [6.07, 6.45) is 2.43. The molecule has 23 heavy (non-hydrogen) atoms. The molecule has 0 aromatic heterocycles. The molecular weight excluding hydrogens is 292 g/mol. The van der Waals surface area contributed by atoms with E-state index in [0.717, 1.165) is 36.1 Å². The summed E-state index contributed by atoms with van der Waals surface area (Å²) in [5, 5.41) is 2.99. The van der Waals surface area contributed by atoms with Gasteiger partial charge in [-0.15, -0.1) is 0 Å². The number of nitrogens with zero attached hydrogens (tertiary/aromatic N) is 1. The Morgan fingerprint density at radius 1 is 1.17 bits per heavy atom. The van der Waals surface area contributed by atoms with Crippen LogP contribution in [0.3, 0.4) is 0 Å². The van der Waals surface area contributed by atoms with Gasteiger partial charge >= 0.3 is 0 Å². The van der Waals surface area contributed by atoms with Crippen molar-refractivity contribution in [3.8, 4) is 0 Å². The summed E-state index contributed by atoms with van der Waals surface area (Å²) in [7, 11) is 1.62. The van der Waals surface area contributed by atoms with Crippen LogP contribution in [0.15, 0.2) is 18.2 Å². The van der Waals surface area contributed by atoms with Gasteiger partial charge in [-0.25, -0.2) is 0 Å². The van der Waals surface area contributed by atoms with Gasteiger partial charge in [0.2, 0.25) is 11.8 Å². The maximum atomic E-state index is 12.4. The van der Waals surface area contributed by atoms with Gasteiger partial charge in [0.15, 0.2) is 0 Å². The van der Waals surface area contributed by atoms with Gasteiger partial charge < -0.3 is 15.0 Å². The standard InChI is InChI=1S/C18H28N2O3/c1-5-15-9-7-10-16(6-2)18(15)19-17(22)13-20(14(3)21)11-8-12-23-4/h7,9-10H,5-6,8,11-13H2,1-4H3,(H,19,22). The first-order valence-corrected chi connectivity index (χ1v) is 8.18. The number of aryl methyl sites for hydroxylation is 2. The van der Waals surface area contributed by atoms with Gasteiger partial charge in [0, 0.05) is 32.9 Å². The molecule has 0 unspecified atom stereocenters. The van der Waals surface area contributed by atoms with E-state index in [1.807, 2.05) is 18.2 Å². The molecule has 1 aromatic rings. The third-order valence-electron chi connectivity index (χ3n) is 3.82. The summed E-state index contributed by atoms with van der Waals surface area (Å²) in [5.74, 6) is -0.260. The van der Waals surface area contributed by atoms with E-state index in [0.29, 0.717) is 13.2 Å². The van der Waals surface area contributed by atoms with Crippen molar-refractivity contribution in [2.75, 3.05) is 32.1 Å². The van der Waals surface area contributed by atoms with Gasteiger partial charge in [-0.3, -0.25) is 9.59 Å². The number of ether oxygens (including phenoxy) is 1. The van der Waals surface area contributed by atoms with Crippen molar-refractivity contribution < 1.29 is 14.3 Å². The Balaban J connectivity index is 2.76. The van der Waals surface area contributed by atoms with Crippen LogP contribution < -0.4 is 5.32 Å². The smallest absolute Gasteiger partial charge is 0.244 e. The molecule has 1 aromatic carbocycles. The maximum Gasteiger partial charge on any atom is 0.244 e. The van der Waals surface area contributed by atoms with E-state index in [1.54, 1.807) is 12.0 Å². The molecule has 128 valence electrons. The van der Waals surface area contributed by atoms with E-state index >= 15 is 0 Å². The first kappa shape index (κ1) is 19.2. The molecule has 0 aliphatic rings. The molecule has 0 aliphatic carbocycles. The van der Waals surface area contributed by atoms with Gasteiger partial charge in [-0.2, -0.15) is 0 Å². The fourth-order valence-electron chi connectivity index (χ4n) is 2.50. The molecular formula is C18H28N2O3. The number of para-hydroxylation sites is 1. The predicted molar refractivity (Wildman–Crippen MR) is 92.6 cm³/mol. The molecule has 5 heteroatoms. The summed E-state index contributed by atoms with van der Waals surface area (Å²) in [6.45, 7) is 6.78. The first-order valence-electron chi connectivity index (χ1n) is 8.18. The molecule has 2 amide bonds. The Kier molecular flexibility index (Phi) is 8.33. The fraction of sp³-hybridized carbons (Fsp3) is 0.556. The third-order valence-corrected chi connectivity index (χ3v) is 3.82. The van der Waals surface area contributed by atoms with Gasteiger partial charge in [0.1, 0.15) is 0 Å². The van der Waals surface area contributed by atoms with Crippen molar-refractivity contribution in [3.63, 3.8) is 0 Å². The van der Waals surface area contributed by atoms with Crippen LogP contribution in [-0.2, 0) is 27.2 Å². The Hall–Kier alpha value is -1.88. The number of carbonyl (C=O) groups is 2. The van der Waals surface area contributed by atoms with E-state index in [2.05, 4.69) is 19.2 Å². The van der Waals surface area contributed by atoms with Crippen LogP contribution in [0.25, 0.3) is 0 Å². The van der Waals surface area contributed by atoms with Crippen molar-refractivity contribution in [1.29, 1.82) is 0 Å². The minimum Gasteiger partial charge on any atom is -0.385 e. The van der Waals surface area contributed by atoms with Crippen LogP contribution in [0.5, 0.6) is 0 Å². The lowest BCUT2D eigenvalue weighted by Crippen LogP contribution is -2.37. The van der Waals surface area contributed by atoms with Crippen LogP contribution in [0.4, 0.5) is 5.69 Å². The number of benzene rings is 1. The van der Waals surface area contributed by atoms with Gasteiger partial charge in [0.05, 0.1) is 6.54 Å². The lowest BCUT2D eigenvalue weighted by molar-refractivity contribution is -0.132. The van der Waals surface area contributed by atoms with Gasteiger partial charge in [-0.05, 0) is 30.4 Å². The number of rotatable bonds is 9. The van der Waals surface area contributed by atoms with E-state index in [1.165, 1.54) is 6.92 Å². The van der Waals surface area contributed by atoms with Crippen molar-refractivity contribution in [2.24, 2.45) is 0 Å². The quantitative estimate of drug-likeness (QED) is 0.712. The predicted octanol–water partition coefficient (Wildman–Crippen LogP) is 2.63. The van der Waals surface area contributed by atoms with E-state index in [9.17, 15) is 9.59 Å². The summed E-state index contributed by atoms with van der Waals surface area (Å²) >= 11 is 0. The zero-order chi connectivity index (χ0) is 17.2. The largest absolute Gasteiger partial charge is 0.385 e. The normalized spacial score (nSPS) is 10.4. The van der Waals surface area contributed by atoms with Crippen molar-refractivity contribution in [2.45, 2.75) is 40.0 Å². The SMILES string of the molecule is CCc1cccc(CC)c1NC(=O)CN(CCCOC)C(C)=O. The van der Waals surface area contributed by atoms with Crippen LogP contribution in [0.1, 0.15) is 38.3 Å². The second-order valence-electron chi connectivity index (χ2n) is 5.49. The van der Waals surface area contributed by atoms with Crippen molar-refractivity contribution >= 4 is 17.5 Å². The Morgan fingerprint density at radius 3 is 2.26 bits per heavy atom. The molecule has 0 atom stereocenters. The minimum absolute atomic E-state index is 0.0697. The van der Waals surface area contributed by atoms with Crippen LogP contribution in [0, 0.1) is 0 Å². The highest BCUT2D eigenvalue weighted by Gasteiger charge is 2.15. The molecule has 0 fully saturated rings. The highest BCUT2D eigenvalue weighted by atomic mass is 16.5. The number of hydrogen-bond donors (Lipinski definition) is 1. The highest BCUT2D eigenvalue weighted by Crippen LogP contribution is 2.22. The summed E-state index contributed by atoms with van der Waals surface area (Å²) < 4.78 is 4.99. The highest BCUT2D eigenvalue weighted by molar-refractivity contribution is 5.95. The molecule has 0 heterocycles. The number of amides is 2. The Bertz CT molecular complexity index is 507. The van der Waals surface area contributed by atoms with E-state index in [-0.39, 0.29) is 18.4 Å². The summed E-state index contributed by atoms with van der Waals surface area (Å²) in [6, 6.07) is 6.06. The number of hydrogen-bond acceptors (Lipinski definition) is 3. The lowest BCUT2D eigenvalue weighted by Gasteiger charge is -2.21. The minimum atomic E-state index is -0.159. The summed E-state index contributed by atoms with van der Waals surface area (Å²) in [4.78, 5) is 25.6. The monoisotopic (exact) mass is 320 g/mol. The third kappa shape index (κ3) is 6.02. The molecule has 0 spiro atoms. The molecule has 0 saturated heterocycles. The number of nitrogens with one attached hydrogen (secondary N) is 1. The lowest BCUT2D eigenvalue weighted by atomic mass is 10.0. The van der Waals surface area contributed by atoms with Crippen LogP contribution >= 0.6 is 0 Å². The maximum absolute atomic E-state index is 12.4. The first-order chi connectivity index (χ1) is 11.0. The second kappa shape index (κ2) is 10.0. The zero-order valence-corrected chi connectivity index (χ0v) is 14.6. The van der Waals surface area contributed by atoms with Crippen LogP contribution in [0.2, 0.25) is 0 Å². The Morgan fingerprint density at radius 2 is 1.78 bits per heavy atom. The molecule has 0 bridgehead atoms. The average molecular weight is 320 g/mol. The number of anilines is 1. The van der Waals surface area contributed by atoms with Gasteiger partial charge in [-0.1, -0.05) is 32.0 Å². The fourth-order valence-corrected chi connectivity index (χ4v) is 2.50. The van der Waals surface area contributed by atoms with E-state index in [4.69, 9.17) is 4.74 Å². The zero-order valence-electron chi connectivity index (χ0n) is 14.6. The molecule has 1 rings (SSSR count). The molecule has 5 nitrogen and oxygen atoms in total. The molecule has 0 aliphatic heterocycles. The second-order valence-corrected chi connectivity index (χ2v) is 5.49. The van der Waals surface area contributed by atoms with Crippen molar-refractivity contribution in [3.05, 3.63) is 29.3 Å². The molecule has 1 N–H and O–H groups in total. The van der Waals surface area contributed by atoms with Gasteiger partial charge in [0.25, 0.3) is 0 Å². The van der Waals surface area contributed by atoms with E-state index < -0.39 is 0 Å². The average Bonchev–Trinajstić information content (AvgIpc) is 2.54. The number of carbonyl (C=O) groups excluding carboxylic acids is 2. The summed E-state index contributed by atoms with van der Waals surface area (Å²) in [5.41, 5.74) is 3.13. The number of methoxy groups -OCH3 is 1. The molecule has 0 radical (unpaired) electrons.